The van der Waals surface area contributed by atoms with E-state index in [1.54, 1.807) is 6.07 Å². The number of rotatable bonds is 2. The van der Waals surface area contributed by atoms with Gasteiger partial charge in [-0.05, 0) is 31.0 Å². The minimum Gasteiger partial charge on any atom is -0.397 e. The molecule has 0 aliphatic carbocycles. The molecule has 1 aromatic carbocycles. The summed E-state index contributed by atoms with van der Waals surface area (Å²) in [6, 6.07) is 4.27. The molecule has 0 spiro atoms. The van der Waals surface area contributed by atoms with E-state index in [1.165, 1.54) is 12.1 Å². The Morgan fingerprint density at radius 3 is 2.94 bits per heavy atom. The average molecular weight is 237 g/mol. The standard InChI is InChI=1S/C12H16FN3O/c13-9-3-4-10(14)11(6-9)16-5-1-2-8(7-16)12(15)17/h3-4,6,8H,1-2,5,7,14H2,(H2,15,17). The normalized spacial score (nSPS) is 20.3. The van der Waals surface area contributed by atoms with Crippen LogP contribution < -0.4 is 16.4 Å². The monoisotopic (exact) mass is 237 g/mol. The van der Waals surface area contributed by atoms with Gasteiger partial charge in [0.15, 0.2) is 0 Å². The maximum atomic E-state index is 13.2. The molecular formula is C12H16FN3O. The zero-order chi connectivity index (χ0) is 12.4. The first-order valence-electron chi connectivity index (χ1n) is 5.67. The second kappa shape index (κ2) is 4.61. The van der Waals surface area contributed by atoms with Crippen molar-refractivity contribution in [3.05, 3.63) is 24.0 Å². The summed E-state index contributed by atoms with van der Waals surface area (Å²) < 4.78 is 13.2. The number of piperidine rings is 1. The van der Waals surface area contributed by atoms with Crippen LogP contribution in [0.5, 0.6) is 0 Å². The van der Waals surface area contributed by atoms with Crippen molar-refractivity contribution in [1.29, 1.82) is 0 Å². The third kappa shape index (κ3) is 2.49. The van der Waals surface area contributed by atoms with Gasteiger partial charge >= 0.3 is 0 Å². The molecule has 1 aromatic rings. The summed E-state index contributed by atoms with van der Waals surface area (Å²) in [5.74, 6) is -0.800. The van der Waals surface area contributed by atoms with Gasteiger partial charge in [-0.25, -0.2) is 4.39 Å². The molecule has 0 saturated carbocycles. The molecule has 4 nitrogen and oxygen atoms in total. The first-order chi connectivity index (χ1) is 8.08. The number of amides is 1. The van der Waals surface area contributed by atoms with Crippen LogP contribution in [-0.4, -0.2) is 19.0 Å². The van der Waals surface area contributed by atoms with Gasteiger partial charge in [-0.2, -0.15) is 0 Å². The molecule has 2 rings (SSSR count). The third-order valence-electron chi connectivity index (χ3n) is 3.16. The Bertz CT molecular complexity index is 436. The number of primary amides is 1. The second-order valence-electron chi connectivity index (χ2n) is 4.39. The van der Waals surface area contributed by atoms with Gasteiger partial charge < -0.3 is 16.4 Å². The number of carbonyl (C=O) groups is 1. The van der Waals surface area contributed by atoms with Gasteiger partial charge in [0.25, 0.3) is 0 Å². The zero-order valence-electron chi connectivity index (χ0n) is 9.53. The highest BCUT2D eigenvalue weighted by molar-refractivity contribution is 5.78. The van der Waals surface area contributed by atoms with Crippen molar-refractivity contribution in [2.75, 3.05) is 23.7 Å². The van der Waals surface area contributed by atoms with Gasteiger partial charge in [0.2, 0.25) is 5.91 Å². The maximum absolute atomic E-state index is 13.2. The highest BCUT2D eigenvalue weighted by Gasteiger charge is 2.25. The Labute approximate surface area is 99.4 Å². The van der Waals surface area contributed by atoms with Crippen molar-refractivity contribution < 1.29 is 9.18 Å². The highest BCUT2D eigenvalue weighted by atomic mass is 19.1. The number of anilines is 2. The Balaban J connectivity index is 2.21. The lowest BCUT2D eigenvalue weighted by Crippen LogP contribution is -2.41. The van der Waals surface area contributed by atoms with E-state index < -0.39 is 0 Å². The molecule has 1 aliphatic heterocycles. The van der Waals surface area contributed by atoms with Crippen LogP contribution in [-0.2, 0) is 4.79 Å². The topological polar surface area (TPSA) is 72.4 Å². The fourth-order valence-corrected chi connectivity index (χ4v) is 2.22. The fraction of sp³-hybridized carbons (Fsp3) is 0.417. The molecule has 1 heterocycles. The quantitative estimate of drug-likeness (QED) is 0.757. The molecule has 1 aliphatic rings. The van der Waals surface area contributed by atoms with E-state index in [1.807, 2.05) is 4.90 Å². The predicted octanol–water partition coefficient (Wildman–Crippen LogP) is 1.11. The first kappa shape index (κ1) is 11.7. The van der Waals surface area contributed by atoms with Gasteiger partial charge in [0, 0.05) is 13.1 Å². The number of carbonyl (C=O) groups excluding carboxylic acids is 1. The van der Waals surface area contributed by atoms with Gasteiger partial charge in [-0.3, -0.25) is 4.79 Å². The number of hydrogen-bond acceptors (Lipinski definition) is 3. The molecule has 1 amide bonds. The largest absolute Gasteiger partial charge is 0.397 e. The van der Waals surface area contributed by atoms with Gasteiger partial charge in [-0.1, -0.05) is 0 Å². The molecule has 0 bridgehead atoms. The smallest absolute Gasteiger partial charge is 0.222 e. The van der Waals surface area contributed by atoms with Gasteiger partial charge in [0.1, 0.15) is 5.82 Å². The van der Waals surface area contributed by atoms with Crippen molar-refractivity contribution in [3.63, 3.8) is 0 Å². The van der Waals surface area contributed by atoms with Crippen LogP contribution in [0.2, 0.25) is 0 Å². The van der Waals surface area contributed by atoms with Crippen molar-refractivity contribution in [3.8, 4) is 0 Å². The summed E-state index contributed by atoms with van der Waals surface area (Å²) in [5, 5.41) is 0. The van der Waals surface area contributed by atoms with Crippen molar-refractivity contribution in [2.24, 2.45) is 11.7 Å². The third-order valence-corrected chi connectivity index (χ3v) is 3.16. The summed E-state index contributed by atoms with van der Waals surface area (Å²) in [4.78, 5) is 13.1. The summed E-state index contributed by atoms with van der Waals surface area (Å²) in [6.45, 7) is 1.29. The van der Waals surface area contributed by atoms with Crippen LogP contribution in [0.1, 0.15) is 12.8 Å². The average Bonchev–Trinajstić information content (AvgIpc) is 2.32. The molecule has 0 aromatic heterocycles. The molecule has 1 saturated heterocycles. The Kier molecular flexibility index (Phi) is 3.17. The van der Waals surface area contributed by atoms with E-state index in [0.29, 0.717) is 17.9 Å². The minimum atomic E-state index is -0.324. The highest BCUT2D eigenvalue weighted by Crippen LogP contribution is 2.28. The Morgan fingerprint density at radius 2 is 2.24 bits per heavy atom. The number of nitrogen functional groups attached to an aromatic ring is 1. The summed E-state index contributed by atoms with van der Waals surface area (Å²) in [5.41, 5.74) is 12.3. The molecular weight excluding hydrogens is 221 g/mol. The van der Waals surface area contributed by atoms with E-state index in [9.17, 15) is 9.18 Å². The fourth-order valence-electron chi connectivity index (χ4n) is 2.22. The van der Waals surface area contributed by atoms with E-state index in [2.05, 4.69) is 0 Å². The number of nitrogens with two attached hydrogens (primary N) is 2. The number of hydrogen-bond donors (Lipinski definition) is 2. The number of nitrogens with zero attached hydrogens (tertiary/aromatic N) is 1. The zero-order valence-corrected chi connectivity index (χ0v) is 9.53. The second-order valence-corrected chi connectivity index (χ2v) is 4.39. The minimum absolute atomic E-state index is 0.175. The lowest BCUT2D eigenvalue weighted by Gasteiger charge is -2.33. The Morgan fingerprint density at radius 1 is 1.47 bits per heavy atom. The summed E-state index contributed by atoms with van der Waals surface area (Å²) >= 11 is 0. The van der Waals surface area contributed by atoms with Crippen LogP contribution in [0.25, 0.3) is 0 Å². The van der Waals surface area contributed by atoms with E-state index in [0.717, 1.165) is 19.4 Å². The van der Waals surface area contributed by atoms with E-state index >= 15 is 0 Å². The van der Waals surface area contributed by atoms with Crippen LogP contribution in [0.4, 0.5) is 15.8 Å². The maximum Gasteiger partial charge on any atom is 0.222 e. The van der Waals surface area contributed by atoms with Gasteiger partial charge in [0.05, 0.1) is 17.3 Å². The van der Waals surface area contributed by atoms with Crippen LogP contribution in [0, 0.1) is 11.7 Å². The number of halogens is 1. The van der Waals surface area contributed by atoms with Crippen LogP contribution >= 0.6 is 0 Å². The van der Waals surface area contributed by atoms with Gasteiger partial charge in [-0.15, -0.1) is 0 Å². The SMILES string of the molecule is NC(=O)C1CCCN(c2cc(F)ccc2N)C1. The Hall–Kier alpha value is -1.78. The summed E-state index contributed by atoms with van der Waals surface area (Å²) in [6.07, 6.45) is 1.66. The van der Waals surface area contributed by atoms with E-state index in [-0.39, 0.29) is 17.6 Å². The summed E-state index contributed by atoms with van der Waals surface area (Å²) in [7, 11) is 0. The molecule has 0 radical (unpaired) electrons. The molecule has 1 unspecified atom stereocenters. The first-order valence-corrected chi connectivity index (χ1v) is 5.67. The molecule has 92 valence electrons. The predicted molar refractivity (Wildman–Crippen MR) is 64.9 cm³/mol. The number of benzene rings is 1. The van der Waals surface area contributed by atoms with Crippen LogP contribution in [0.15, 0.2) is 18.2 Å². The van der Waals surface area contributed by atoms with Crippen molar-refractivity contribution in [2.45, 2.75) is 12.8 Å². The van der Waals surface area contributed by atoms with E-state index in [4.69, 9.17) is 11.5 Å². The van der Waals surface area contributed by atoms with Crippen molar-refractivity contribution >= 4 is 17.3 Å². The molecule has 4 N–H and O–H groups in total. The molecule has 5 heteroatoms. The lowest BCUT2D eigenvalue weighted by molar-refractivity contribution is -0.122. The van der Waals surface area contributed by atoms with Crippen molar-refractivity contribution in [1.82, 2.24) is 0 Å². The molecule has 17 heavy (non-hydrogen) atoms. The van der Waals surface area contributed by atoms with Crippen LogP contribution in [0.3, 0.4) is 0 Å². The molecule has 1 fully saturated rings. The lowest BCUT2D eigenvalue weighted by atomic mass is 9.97. The molecule has 1 atom stereocenters.